The van der Waals surface area contributed by atoms with Crippen molar-refractivity contribution < 1.29 is 28.8 Å². The standard InChI is InChI=1S/C27H36BN3O6/c1-16(11-27(2,3)4)21(12-29)25(32)31-13-17-9-20(17)22(31)15-37-26(33)30-24(28(34)35)10-18-14-36-23-8-6-5-7-19(18)23/h5-8,14,16-17,20-22,24,34-35H,9-11,13,15H2,1-4H3,(H,30,33)/t16?,17-,20-,21?,22-,24-/m0/s1. The largest absolute Gasteiger partial charge is 0.475 e. The number of alkyl carbamates (subject to hydrolysis) is 1. The van der Waals surface area contributed by atoms with E-state index >= 15 is 0 Å². The second-order valence-corrected chi connectivity index (χ2v) is 11.8. The van der Waals surface area contributed by atoms with Crippen LogP contribution in [0.25, 0.3) is 11.0 Å². The van der Waals surface area contributed by atoms with E-state index in [1.807, 2.05) is 31.2 Å². The third-order valence-corrected chi connectivity index (χ3v) is 7.54. The van der Waals surface area contributed by atoms with E-state index < -0.39 is 25.1 Å². The number of carbonyl (C=O) groups excluding carboxylic acids is 2. The molecule has 0 bridgehead atoms. The van der Waals surface area contributed by atoms with Crippen LogP contribution in [0, 0.1) is 40.4 Å². The number of piperidine rings is 1. The van der Waals surface area contributed by atoms with Crippen LogP contribution in [0.15, 0.2) is 34.9 Å². The molecule has 198 valence electrons. The summed E-state index contributed by atoms with van der Waals surface area (Å²) in [6.45, 7) is 8.78. The van der Waals surface area contributed by atoms with Gasteiger partial charge >= 0.3 is 13.2 Å². The molecule has 1 saturated carbocycles. The summed E-state index contributed by atoms with van der Waals surface area (Å²) >= 11 is 0. The Morgan fingerprint density at radius 1 is 1.32 bits per heavy atom. The number of fused-ring (bicyclic) bond motifs is 2. The lowest BCUT2D eigenvalue weighted by Crippen LogP contribution is -2.49. The lowest BCUT2D eigenvalue weighted by Gasteiger charge is -2.32. The maximum Gasteiger partial charge on any atom is 0.475 e. The predicted octanol–water partition coefficient (Wildman–Crippen LogP) is 3.14. The van der Waals surface area contributed by atoms with E-state index in [-0.39, 0.29) is 42.2 Å². The van der Waals surface area contributed by atoms with Gasteiger partial charge in [0, 0.05) is 11.9 Å². The molecule has 2 aromatic rings. The minimum atomic E-state index is -1.81. The van der Waals surface area contributed by atoms with Crippen LogP contribution >= 0.6 is 0 Å². The average Bonchev–Trinajstić information content (AvgIpc) is 3.32. The molecule has 1 saturated heterocycles. The lowest BCUT2D eigenvalue weighted by atomic mass is 9.76. The second kappa shape index (κ2) is 10.8. The number of ether oxygens (including phenoxy) is 1. The maximum atomic E-state index is 13.3. The highest BCUT2D eigenvalue weighted by Crippen LogP contribution is 2.50. The van der Waals surface area contributed by atoms with Crippen LogP contribution in [0.2, 0.25) is 0 Å². The first-order valence-corrected chi connectivity index (χ1v) is 12.9. The molecular weight excluding hydrogens is 473 g/mol. The number of amides is 2. The number of nitrogens with one attached hydrogen (secondary N) is 1. The normalized spacial score (nSPS) is 23.1. The molecule has 0 spiro atoms. The van der Waals surface area contributed by atoms with Crippen molar-refractivity contribution in [3.63, 3.8) is 0 Å². The minimum absolute atomic E-state index is 0.000887. The summed E-state index contributed by atoms with van der Waals surface area (Å²) in [6.07, 6.45) is 2.60. The summed E-state index contributed by atoms with van der Waals surface area (Å²) in [5.74, 6) is -1.41. The van der Waals surface area contributed by atoms with Gasteiger partial charge in [-0.2, -0.15) is 5.26 Å². The number of hydrogen-bond acceptors (Lipinski definition) is 7. The number of para-hydroxylation sites is 1. The molecule has 2 heterocycles. The number of likely N-dealkylation sites (tertiary alicyclic amines) is 1. The molecule has 10 heteroatoms. The molecule has 1 aromatic heterocycles. The van der Waals surface area contributed by atoms with Gasteiger partial charge in [-0.1, -0.05) is 45.9 Å². The fraction of sp³-hybridized carbons (Fsp3) is 0.593. The van der Waals surface area contributed by atoms with Gasteiger partial charge in [0.15, 0.2) is 0 Å². The van der Waals surface area contributed by atoms with Crippen LogP contribution in [0.3, 0.4) is 0 Å². The van der Waals surface area contributed by atoms with Gasteiger partial charge in [0.2, 0.25) is 5.91 Å². The van der Waals surface area contributed by atoms with Crippen molar-refractivity contribution in [2.45, 2.75) is 58.9 Å². The Bertz CT molecular complexity index is 1170. The Kier molecular flexibility index (Phi) is 7.86. The summed E-state index contributed by atoms with van der Waals surface area (Å²) in [5.41, 5.74) is 1.40. The van der Waals surface area contributed by atoms with Gasteiger partial charge in [-0.05, 0) is 54.1 Å². The van der Waals surface area contributed by atoms with E-state index in [1.165, 1.54) is 6.26 Å². The molecule has 37 heavy (non-hydrogen) atoms. The van der Waals surface area contributed by atoms with Crippen molar-refractivity contribution in [2.75, 3.05) is 13.2 Å². The number of nitriles is 1. The van der Waals surface area contributed by atoms with Crippen molar-refractivity contribution in [3.05, 3.63) is 36.1 Å². The van der Waals surface area contributed by atoms with Crippen LogP contribution in [-0.2, 0) is 16.0 Å². The first-order valence-electron chi connectivity index (χ1n) is 12.9. The summed E-state index contributed by atoms with van der Waals surface area (Å²) in [5, 5.41) is 32.9. The fourth-order valence-corrected chi connectivity index (χ4v) is 5.74. The Hall–Kier alpha value is -3.03. The van der Waals surface area contributed by atoms with Crippen molar-refractivity contribution in [1.82, 2.24) is 10.2 Å². The smallest absolute Gasteiger partial charge is 0.464 e. The van der Waals surface area contributed by atoms with Gasteiger partial charge in [-0.15, -0.1) is 0 Å². The van der Waals surface area contributed by atoms with E-state index in [1.54, 1.807) is 4.90 Å². The summed E-state index contributed by atoms with van der Waals surface area (Å²) in [7, 11) is -1.81. The Morgan fingerprint density at radius 2 is 2.05 bits per heavy atom. The quantitative estimate of drug-likeness (QED) is 0.442. The molecule has 2 unspecified atom stereocenters. The van der Waals surface area contributed by atoms with Crippen LogP contribution in [0.4, 0.5) is 4.79 Å². The first kappa shape index (κ1) is 27.0. The van der Waals surface area contributed by atoms with Crippen molar-refractivity contribution in [2.24, 2.45) is 29.1 Å². The zero-order chi connectivity index (χ0) is 26.9. The number of rotatable bonds is 9. The van der Waals surface area contributed by atoms with Gasteiger partial charge in [0.1, 0.15) is 18.1 Å². The van der Waals surface area contributed by atoms with E-state index in [0.717, 1.165) is 23.8 Å². The molecule has 6 atom stereocenters. The zero-order valence-electron chi connectivity index (χ0n) is 21.9. The third-order valence-electron chi connectivity index (χ3n) is 7.54. The predicted molar refractivity (Wildman–Crippen MR) is 138 cm³/mol. The molecule has 1 aliphatic heterocycles. The number of nitrogens with zero attached hydrogens (tertiary/aromatic N) is 2. The van der Waals surface area contributed by atoms with E-state index in [4.69, 9.17) is 9.15 Å². The summed E-state index contributed by atoms with van der Waals surface area (Å²) in [6, 6.07) is 9.30. The van der Waals surface area contributed by atoms with Crippen LogP contribution in [-0.4, -0.2) is 59.2 Å². The van der Waals surface area contributed by atoms with Crippen LogP contribution in [0.5, 0.6) is 0 Å². The van der Waals surface area contributed by atoms with E-state index in [0.29, 0.717) is 18.0 Å². The highest BCUT2D eigenvalue weighted by molar-refractivity contribution is 6.43. The Labute approximate surface area is 217 Å². The highest BCUT2D eigenvalue weighted by atomic mass is 16.5. The van der Waals surface area contributed by atoms with Gasteiger partial charge < -0.3 is 29.4 Å². The number of carbonyl (C=O) groups is 2. The second-order valence-electron chi connectivity index (χ2n) is 11.8. The van der Waals surface area contributed by atoms with E-state index in [2.05, 4.69) is 32.2 Å². The minimum Gasteiger partial charge on any atom is -0.464 e. The first-order chi connectivity index (χ1) is 17.5. The molecule has 4 rings (SSSR count). The van der Waals surface area contributed by atoms with Crippen molar-refractivity contribution in [3.8, 4) is 6.07 Å². The monoisotopic (exact) mass is 509 g/mol. The summed E-state index contributed by atoms with van der Waals surface area (Å²) < 4.78 is 11.0. The fourth-order valence-electron chi connectivity index (χ4n) is 5.74. The number of hydrogen-bond donors (Lipinski definition) is 3. The molecule has 3 N–H and O–H groups in total. The zero-order valence-corrected chi connectivity index (χ0v) is 21.9. The van der Waals surface area contributed by atoms with Crippen molar-refractivity contribution in [1.29, 1.82) is 5.26 Å². The third kappa shape index (κ3) is 6.28. The lowest BCUT2D eigenvalue weighted by molar-refractivity contribution is -0.137. The molecule has 0 radical (unpaired) electrons. The van der Waals surface area contributed by atoms with Crippen LogP contribution in [0.1, 0.15) is 46.1 Å². The Balaban J connectivity index is 1.36. The van der Waals surface area contributed by atoms with Gasteiger partial charge in [-0.25, -0.2) is 4.79 Å². The Morgan fingerprint density at radius 3 is 2.73 bits per heavy atom. The maximum absolute atomic E-state index is 13.3. The average molecular weight is 509 g/mol. The van der Waals surface area contributed by atoms with Gasteiger partial charge in [0.05, 0.1) is 24.3 Å². The van der Waals surface area contributed by atoms with Gasteiger partial charge in [-0.3, -0.25) is 4.79 Å². The summed E-state index contributed by atoms with van der Waals surface area (Å²) in [4.78, 5) is 27.7. The molecule has 1 aliphatic carbocycles. The van der Waals surface area contributed by atoms with Gasteiger partial charge in [0.25, 0.3) is 0 Å². The molecule has 9 nitrogen and oxygen atoms in total. The molecule has 1 aromatic carbocycles. The van der Waals surface area contributed by atoms with Crippen LogP contribution < -0.4 is 5.32 Å². The topological polar surface area (TPSA) is 136 Å². The van der Waals surface area contributed by atoms with Crippen molar-refractivity contribution >= 4 is 30.1 Å². The molecule has 2 amide bonds. The number of furan rings is 1. The van der Waals surface area contributed by atoms with E-state index in [9.17, 15) is 24.9 Å². The molecule has 2 aliphatic rings. The molecule has 2 fully saturated rings. The highest BCUT2D eigenvalue weighted by Gasteiger charge is 2.55. The number of benzene rings is 1. The molecular formula is C27H36BN3O6. The SMILES string of the molecule is CC(CC(C)(C)C)C(C#N)C(=O)N1C[C@@H]2C[C@@H]2[C@@H]1COC(=O)N[C@@H](Cc1coc2ccccc12)B(O)O.